The predicted molar refractivity (Wildman–Crippen MR) is 93.9 cm³/mol. The predicted octanol–water partition coefficient (Wildman–Crippen LogP) is 1.41. The van der Waals surface area contributed by atoms with Crippen LogP contribution in [0.25, 0.3) is 0 Å². The second-order valence-electron chi connectivity index (χ2n) is 5.90. The Balaban J connectivity index is 0.00000529. The van der Waals surface area contributed by atoms with Gasteiger partial charge in [0.25, 0.3) is 0 Å². The van der Waals surface area contributed by atoms with E-state index in [0.29, 0.717) is 0 Å². The number of nitrogens with two attached hydrogens (primary N) is 1. The minimum Gasteiger partial charge on any atom is -0.349 e. The van der Waals surface area contributed by atoms with Crippen LogP contribution in [0.5, 0.6) is 0 Å². The zero-order chi connectivity index (χ0) is 17.7. The summed E-state index contributed by atoms with van der Waals surface area (Å²) in [5.41, 5.74) is 5.12. The van der Waals surface area contributed by atoms with Crippen LogP contribution in [0.15, 0.2) is 29.2 Å². The summed E-state index contributed by atoms with van der Waals surface area (Å²) in [4.78, 5) is 11.5. The molecule has 0 aliphatic carbocycles. The van der Waals surface area contributed by atoms with Crippen LogP contribution in [-0.2, 0) is 14.8 Å². The molecular weight excluding hydrogens is 357 g/mol. The van der Waals surface area contributed by atoms with E-state index in [9.17, 15) is 17.6 Å². The highest BCUT2D eigenvalue weighted by atomic mass is 35.5. The van der Waals surface area contributed by atoms with Gasteiger partial charge >= 0.3 is 0 Å². The van der Waals surface area contributed by atoms with Crippen molar-refractivity contribution in [1.29, 1.82) is 0 Å². The average molecular weight is 382 g/mol. The number of amides is 1. The molecule has 0 spiro atoms. The first-order chi connectivity index (χ1) is 10.6. The molecule has 0 bridgehead atoms. The van der Waals surface area contributed by atoms with Crippen molar-refractivity contribution in [1.82, 2.24) is 10.0 Å². The molecule has 24 heavy (non-hydrogen) atoms. The fourth-order valence-corrected chi connectivity index (χ4v) is 2.96. The lowest BCUT2D eigenvalue weighted by Crippen LogP contribution is -2.55. The van der Waals surface area contributed by atoms with Crippen LogP contribution < -0.4 is 15.8 Å². The van der Waals surface area contributed by atoms with Gasteiger partial charge < -0.3 is 11.1 Å². The summed E-state index contributed by atoms with van der Waals surface area (Å²) < 4.78 is 39.7. The molecule has 0 radical (unpaired) electrons. The second kappa shape index (κ2) is 9.31. The molecule has 0 heterocycles. The van der Waals surface area contributed by atoms with Crippen LogP contribution >= 0.6 is 12.4 Å². The minimum absolute atomic E-state index is 0. The van der Waals surface area contributed by atoms with E-state index in [4.69, 9.17) is 5.73 Å². The van der Waals surface area contributed by atoms with Crippen molar-refractivity contribution >= 4 is 28.3 Å². The fourth-order valence-electron chi connectivity index (χ4n) is 1.85. The first-order valence-corrected chi connectivity index (χ1v) is 8.86. The van der Waals surface area contributed by atoms with Crippen LogP contribution in [0.4, 0.5) is 4.39 Å². The van der Waals surface area contributed by atoms with Crippen LogP contribution in [0.3, 0.4) is 0 Å². The van der Waals surface area contributed by atoms with Gasteiger partial charge in [0.1, 0.15) is 10.7 Å². The molecule has 1 rings (SSSR count). The summed E-state index contributed by atoms with van der Waals surface area (Å²) in [6.07, 6.45) is -0.0595. The standard InChI is InChI=1S/C15H24FN3O3S.ClH/c1-11(2)15(3,10-17)19-14(20)8-9-18-23(21,22)13-7-5-4-6-12(13)16;/h4-7,11,18H,8-10,17H2,1-3H3,(H,19,20);1H. The molecule has 0 aliphatic heterocycles. The summed E-state index contributed by atoms with van der Waals surface area (Å²) in [6.45, 7) is 5.86. The van der Waals surface area contributed by atoms with E-state index >= 15 is 0 Å². The summed E-state index contributed by atoms with van der Waals surface area (Å²) >= 11 is 0. The molecule has 1 atom stereocenters. The number of benzene rings is 1. The van der Waals surface area contributed by atoms with Crippen molar-refractivity contribution in [3.8, 4) is 0 Å². The fraction of sp³-hybridized carbons (Fsp3) is 0.533. The van der Waals surface area contributed by atoms with Crippen molar-refractivity contribution < 1.29 is 17.6 Å². The Bertz CT molecular complexity index is 655. The van der Waals surface area contributed by atoms with Gasteiger partial charge in [-0.05, 0) is 25.0 Å². The monoisotopic (exact) mass is 381 g/mol. The number of carbonyl (C=O) groups excluding carboxylic acids is 1. The van der Waals surface area contributed by atoms with Crippen molar-refractivity contribution in [3.05, 3.63) is 30.1 Å². The molecule has 9 heteroatoms. The number of rotatable bonds is 8. The summed E-state index contributed by atoms with van der Waals surface area (Å²) in [7, 11) is -3.98. The van der Waals surface area contributed by atoms with Crippen LogP contribution in [0, 0.1) is 11.7 Å². The van der Waals surface area contributed by atoms with Gasteiger partial charge in [-0.2, -0.15) is 0 Å². The van der Waals surface area contributed by atoms with Crippen LogP contribution in [0.2, 0.25) is 0 Å². The molecule has 0 fully saturated rings. The molecular formula is C15H25ClFN3O3S. The Morgan fingerprint density at radius 3 is 2.42 bits per heavy atom. The molecule has 6 nitrogen and oxygen atoms in total. The Hall–Kier alpha value is -1.22. The molecule has 1 aromatic carbocycles. The highest BCUT2D eigenvalue weighted by molar-refractivity contribution is 7.89. The Morgan fingerprint density at radius 2 is 1.92 bits per heavy atom. The minimum atomic E-state index is -3.98. The van der Waals surface area contributed by atoms with E-state index in [1.165, 1.54) is 18.2 Å². The third kappa shape index (κ3) is 6.01. The summed E-state index contributed by atoms with van der Waals surface area (Å²) in [6, 6.07) is 5.07. The van der Waals surface area contributed by atoms with E-state index in [1.54, 1.807) is 0 Å². The molecule has 0 saturated carbocycles. The molecule has 1 unspecified atom stereocenters. The number of carbonyl (C=O) groups is 1. The Morgan fingerprint density at radius 1 is 1.33 bits per heavy atom. The lowest BCUT2D eigenvalue weighted by atomic mass is 9.88. The van der Waals surface area contributed by atoms with Gasteiger partial charge in [-0.25, -0.2) is 17.5 Å². The van der Waals surface area contributed by atoms with Gasteiger partial charge in [-0.1, -0.05) is 26.0 Å². The van der Waals surface area contributed by atoms with E-state index in [-0.39, 0.29) is 43.7 Å². The quantitative estimate of drug-likeness (QED) is 0.633. The summed E-state index contributed by atoms with van der Waals surface area (Å²) in [5, 5.41) is 2.81. The highest BCUT2D eigenvalue weighted by Crippen LogP contribution is 2.15. The lowest BCUT2D eigenvalue weighted by Gasteiger charge is -2.33. The van der Waals surface area contributed by atoms with Crippen molar-refractivity contribution in [3.63, 3.8) is 0 Å². The maximum Gasteiger partial charge on any atom is 0.243 e. The van der Waals surface area contributed by atoms with E-state index < -0.39 is 26.3 Å². The third-order valence-corrected chi connectivity index (χ3v) is 5.39. The number of hydrogen-bond acceptors (Lipinski definition) is 4. The van der Waals surface area contributed by atoms with E-state index in [0.717, 1.165) is 6.07 Å². The van der Waals surface area contributed by atoms with Crippen LogP contribution in [-0.4, -0.2) is 33.0 Å². The lowest BCUT2D eigenvalue weighted by molar-refractivity contribution is -0.123. The first-order valence-electron chi connectivity index (χ1n) is 7.37. The molecule has 1 aromatic rings. The van der Waals surface area contributed by atoms with Gasteiger partial charge in [-0.3, -0.25) is 4.79 Å². The summed E-state index contributed by atoms with van der Waals surface area (Å²) in [5.74, 6) is -1.02. The SMILES string of the molecule is CC(C)C(C)(CN)NC(=O)CCNS(=O)(=O)c1ccccc1F.Cl. The average Bonchev–Trinajstić information content (AvgIpc) is 2.46. The molecule has 0 aromatic heterocycles. The third-order valence-electron chi connectivity index (χ3n) is 3.89. The maximum absolute atomic E-state index is 13.5. The van der Waals surface area contributed by atoms with E-state index in [1.807, 2.05) is 20.8 Å². The normalized spacial score (nSPS) is 13.9. The zero-order valence-corrected chi connectivity index (χ0v) is 15.6. The van der Waals surface area contributed by atoms with Crippen molar-refractivity contribution in [2.24, 2.45) is 11.7 Å². The number of halogens is 2. The van der Waals surface area contributed by atoms with Gasteiger partial charge in [0, 0.05) is 19.5 Å². The number of hydrogen-bond donors (Lipinski definition) is 3. The van der Waals surface area contributed by atoms with Crippen LogP contribution in [0.1, 0.15) is 27.2 Å². The van der Waals surface area contributed by atoms with Crippen molar-refractivity contribution in [2.45, 2.75) is 37.6 Å². The smallest absolute Gasteiger partial charge is 0.243 e. The first kappa shape index (κ1) is 22.8. The van der Waals surface area contributed by atoms with Gasteiger partial charge in [0.15, 0.2) is 0 Å². The van der Waals surface area contributed by atoms with Crippen molar-refractivity contribution in [2.75, 3.05) is 13.1 Å². The second-order valence-corrected chi connectivity index (χ2v) is 7.64. The Kier molecular flexibility index (Phi) is 8.84. The largest absolute Gasteiger partial charge is 0.349 e. The molecule has 1 amide bonds. The number of sulfonamides is 1. The van der Waals surface area contributed by atoms with Gasteiger partial charge in [0.2, 0.25) is 15.9 Å². The molecule has 138 valence electrons. The topological polar surface area (TPSA) is 101 Å². The molecule has 0 saturated heterocycles. The number of nitrogens with one attached hydrogen (secondary N) is 2. The zero-order valence-electron chi connectivity index (χ0n) is 14.0. The molecule has 0 aliphatic rings. The van der Waals surface area contributed by atoms with Gasteiger partial charge in [0.05, 0.1) is 5.54 Å². The van der Waals surface area contributed by atoms with Gasteiger partial charge in [-0.15, -0.1) is 12.4 Å². The highest BCUT2D eigenvalue weighted by Gasteiger charge is 2.28. The Labute approximate surface area is 148 Å². The maximum atomic E-state index is 13.5. The van der Waals surface area contributed by atoms with E-state index in [2.05, 4.69) is 10.0 Å². The molecule has 4 N–H and O–H groups in total.